The molecule has 1 saturated carbocycles. The van der Waals surface area contributed by atoms with Crippen molar-refractivity contribution < 1.29 is 27.8 Å². The van der Waals surface area contributed by atoms with Crippen LogP contribution >= 0.6 is 0 Å². The average molecular weight is 283 g/mol. The first-order valence-corrected chi connectivity index (χ1v) is 6.48. The summed E-state index contributed by atoms with van der Waals surface area (Å²) in [4.78, 5) is 11.7. The number of halogens is 3. The average Bonchev–Trinajstić information content (AvgIpc) is 2.37. The van der Waals surface area contributed by atoms with Gasteiger partial charge in [-0.15, -0.1) is 0 Å². The van der Waals surface area contributed by atoms with Crippen LogP contribution in [-0.4, -0.2) is 43.6 Å². The molecule has 0 aromatic carbocycles. The van der Waals surface area contributed by atoms with Crippen LogP contribution in [0.15, 0.2) is 0 Å². The number of amides is 1. The van der Waals surface area contributed by atoms with Crippen molar-refractivity contribution in [3.8, 4) is 0 Å². The lowest BCUT2D eigenvalue weighted by molar-refractivity contribution is -0.184. The second-order valence-electron chi connectivity index (χ2n) is 4.72. The molecule has 0 unspecified atom stereocenters. The Hall–Kier alpha value is -0.820. The summed E-state index contributed by atoms with van der Waals surface area (Å²) >= 11 is 0. The monoisotopic (exact) mass is 283 g/mol. The van der Waals surface area contributed by atoms with E-state index in [4.69, 9.17) is 9.84 Å². The Morgan fingerprint density at radius 3 is 2.37 bits per heavy atom. The molecule has 0 spiro atoms. The van der Waals surface area contributed by atoms with Gasteiger partial charge in [-0.25, -0.2) is 0 Å². The summed E-state index contributed by atoms with van der Waals surface area (Å²) in [5.41, 5.74) is 0. The number of rotatable bonds is 6. The molecule has 1 aliphatic rings. The fourth-order valence-corrected chi connectivity index (χ4v) is 2.24. The number of carbonyl (C=O) groups excluding carboxylic acids is 1. The van der Waals surface area contributed by atoms with Gasteiger partial charge in [0.05, 0.1) is 25.7 Å². The quantitative estimate of drug-likeness (QED) is 0.726. The summed E-state index contributed by atoms with van der Waals surface area (Å²) < 4.78 is 42.3. The maximum atomic E-state index is 12.5. The predicted octanol–water partition coefficient (Wildman–Crippen LogP) is 1.48. The van der Waals surface area contributed by atoms with Crippen LogP contribution in [0.25, 0.3) is 0 Å². The van der Waals surface area contributed by atoms with E-state index in [9.17, 15) is 18.0 Å². The van der Waals surface area contributed by atoms with Gasteiger partial charge in [0.15, 0.2) is 0 Å². The van der Waals surface area contributed by atoms with E-state index < -0.39 is 12.1 Å². The molecule has 0 saturated heterocycles. The van der Waals surface area contributed by atoms with E-state index in [1.807, 2.05) is 0 Å². The van der Waals surface area contributed by atoms with E-state index in [1.165, 1.54) is 0 Å². The van der Waals surface area contributed by atoms with Crippen LogP contribution in [0.1, 0.15) is 25.7 Å². The van der Waals surface area contributed by atoms with Crippen LogP contribution in [0.3, 0.4) is 0 Å². The molecular formula is C12H20F3NO3. The van der Waals surface area contributed by atoms with E-state index in [1.54, 1.807) is 0 Å². The zero-order valence-electron chi connectivity index (χ0n) is 10.7. The van der Waals surface area contributed by atoms with Gasteiger partial charge >= 0.3 is 6.18 Å². The van der Waals surface area contributed by atoms with Gasteiger partial charge in [0.25, 0.3) is 0 Å². The van der Waals surface area contributed by atoms with E-state index in [2.05, 4.69) is 5.32 Å². The largest absolute Gasteiger partial charge is 0.394 e. The Morgan fingerprint density at radius 2 is 1.84 bits per heavy atom. The normalized spacial score (nSPS) is 24.2. The number of carbonyl (C=O) groups is 1. The number of hydrogen-bond donors (Lipinski definition) is 2. The lowest BCUT2D eigenvalue weighted by Gasteiger charge is -2.29. The molecule has 19 heavy (non-hydrogen) atoms. The lowest BCUT2D eigenvalue weighted by atomic mass is 9.81. The molecule has 4 nitrogen and oxygen atoms in total. The van der Waals surface area contributed by atoms with Crippen molar-refractivity contribution in [3.63, 3.8) is 0 Å². The highest BCUT2D eigenvalue weighted by atomic mass is 19.4. The third-order valence-corrected chi connectivity index (χ3v) is 3.34. The number of hydrogen-bond acceptors (Lipinski definition) is 3. The maximum absolute atomic E-state index is 12.5. The zero-order valence-corrected chi connectivity index (χ0v) is 10.7. The highest BCUT2D eigenvalue weighted by Crippen LogP contribution is 2.39. The number of aliphatic hydroxyl groups is 1. The van der Waals surface area contributed by atoms with Crippen molar-refractivity contribution in [2.45, 2.75) is 31.9 Å². The van der Waals surface area contributed by atoms with Crippen LogP contribution in [0.2, 0.25) is 0 Å². The highest BCUT2D eigenvalue weighted by molar-refractivity contribution is 5.78. The van der Waals surface area contributed by atoms with Crippen LogP contribution in [0.4, 0.5) is 13.2 Å². The Labute approximate surface area is 110 Å². The Balaban J connectivity index is 2.18. The first-order chi connectivity index (χ1) is 8.95. The van der Waals surface area contributed by atoms with Gasteiger partial charge < -0.3 is 15.2 Å². The summed E-state index contributed by atoms with van der Waals surface area (Å²) in [6.07, 6.45) is -3.51. The molecule has 1 aliphatic carbocycles. The standard InChI is InChI=1S/C12H20F3NO3/c13-12(14,15)10-3-1-9(2-4-10)11(18)16-5-7-19-8-6-17/h9-10,17H,1-8H2,(H,16,18). The molecule has 0 aromatic rings. The summed E-state index contributed by atoms with van der Waals surface area (Å²) in [5, 5.41) is 11.1. The van der Waals surface area contributed by atoms with Gasteiger partial charge in [-0.3, -0.25) is 4.79 Å². The third kappa shape index (κ3) is 5.78. The van der Waals surface area contributed by atoms with Gasteiger partial charge in [0, 0.05) is 12.5 Å². The minimum Gasteiger partial charge on any atom is -0.394 e. The smallest absolute Gasteiger partial charge is 0.391 e. The summed E-state index contributed by atoms with van der Waals surface area (Å²) in [7, 11) is 0. The van der Waals surface area contributed by atoms with E-state index in [0.29, 0.717) is 13.2 Å². The second kappa shape index (κ2) is 7.69. The van der Waals surface area contributed by atoms with Gasteiger partial charge in [-0.05, 0) is 25.7 Å². The van der Waals surface area contributed by atoms with Crippen molar-refractivity contribution in [2.24, 2.45) is 11.8 Å². The fourth-order valence-electron chi connectivity index (χ4n) is 2.24. The molecule has 112 valence electrons. The first-order valence-electron chi connectivity index (χ1n) is 6.48. The van der Waals surface area contributed by atoms with Crippen LogP contribution in [0, 0.1) is 11.8 Å². The topological polar surface area (TPSA) is 58.6 Å². The van der Waals surface area contributed by atoms with Gasteiger partial charge in [0.2, 0.25) is 5.91 Å². The van der Waals surface area contributed by atoms with Gasteiger partial charge in [0.1, 0.15) is 0 Å². The van der Waals surface area contributed by atoms with Crippen molar-refractivity contribution >= 4 is 5.91 Å². The highest BCUT2D eigenvalue weighted by Gasteiger charge is 2.42. The molecule has 0 radical (unpaired) electrons. The van der Waals surface area contributed by atoms with Crippen molar-refractivity contribution in [2.75, 3.05) is 26.4 Å². The lowest BCUT2D eigenvalue weighted by Crippen LogP contribution is -2.37. The van der Waals surface area contributed by atoms with Crippen molar-refractivity contribution in [1.82, 2.24) is 5.32 Å². The molecule has 2 N–H and O–H groups in total. The maximum Gasteiger partial charge on any atom is 0.391 e. The molecule has 0 heterocycles. The van der Waals surface area contributed by atoms with E-state index >= 15 is 0 Å². The molecule has 7 heteroatoms. The van der Waals surface area contributed by atoms with Gasteiger partial charge in [-0.2, -0.15) is 13.2 Å². The van der Waals surface area contributed by atoms with Crippen LogP contribution in [0.5, 0.6) is 0 Å². The molecular weight excluding hydrogens is 263 g/mol. The van der Waals surface area contributed by atoms with E-state index in [0.717, 1.165) is 0 Å². The zero-order chi connectivity index (χ0) is 14.3. The Kier molecular flexibility index (Phi) is 6.57. The summed E-state index contributed by atoms with van der Waals surface area (Å²) in [6.45, 7) is 0.754. The fraction of sp³-hybridized carbons (Fsp3) is 0.917. The minimum absolute atomic E-state index is 0.0304. The SMILES string of the molecule is O=C(NCCOCCO)C1CCC(C(F)(F)F)CC1. The summed E-state index contributed by atoms with van der Waals surface area (Å²) in [6, 6.07) is 0. The number of nitrogens with one attached hydrogen (secondary N) is 1. The molecule has 0 aromatic heterocycles. The Morgan fingerprint density at radius 1 is 1.21 bits per heavy atom. The van der Waals surface area contributed by atoms with Crippen LogP contribution in [-0.2, 0) is 9.53 Å². The third-order valence-electron chi connectivity index (χ3n) is 3.34. The first kappa shape index (κ1) is 16.2. The molecule has 1 fully saturated rings. The second-order valence-corrected chi connectivity index (χ2v) is 4.72. The number of ether oxygens (including phenoxy) is 1. The summed E-state index contributed by atoms with van der Waals surface area (Å²) in [5.74, 6) is -1.78. The molecule has 0 aliphatic heterocycles. The van der Waals surface area contributed by atoms with Crippen LogP contribution < -0.4 is 5.32 Å². The number of aliphatic hydroxyl groups excluding tert-OH is 1. The minimum atomic E-state index is -4.14. The van der Waals surface area contributed by atoms with Crippen molar-refractivity contribution in [3.05, 3.63) is 0 Å². The predicted molar refractivity (Wildman–Crippen MR) is 62.4 cm³/mol. The van der Waals surface area contributed by atoms with Crippen molar-refractivity contribution in [1.29, 1.82) is 0 Å². The Bertz CT molecular complexity index is 276. The molecule has 1 amide bonds. The number of alkyl halides is 3. The molecule has 1 rings (SSSR count). The molecule has 0 atom stereocenters. The van der Waals surface area contributed by atoms with Gasteiger partial charge in [-0.1, -0.05) is 0 Å². The molecule has 0 bridgehead atoms. The van der Waals surface area contributed by atoms with E-state index in [-0.39, 0.29) is 50.7 Å².